The minimum absolute atomic E-state index is 0.00698. The van der Waals surface area contributed by atoms with Crippen LogP contribution < -0.4 is 4.74 Å². The Morgan fingerprint density at radius 3 is 2.15 bits per heavy atom. The molecule has 12 heteroatoms. The van der Waals surface area contributed by atoms with Crippen LogP contribution in [0, 0.1) is 0 Å². The predicted octanol–water partition coefficient (Wildman–Crippen LogP) is 4.20. The van der Waals surface area contributed by atoms with Crippen LogP contribution >= 0.6 is 0 Å². The molecule has 0 radical (unpaired) electrons. The number of esters is 2. The van der Waals surface area contributed by atoms with Crippen molar-refractivity contribution in [3.05, 3.63) is 60.2 Å². The van der Waals surface area contributed by atoms with Crippen molar-refractivity contribution in [2.24, 2.45) is 0 Å². The zero-order valence-corrected chi connectivity index (χ0v) is 24.7. The van der Waals surface area contributed by atoms with Crippen molar-refractivity contribution in [1.29, 1.82) is 0 Å². The molecular weight excluding hydrogens is 550 g/mol. The number of aromatic nitrogens is 3. The van der Waals surface area contributed by atoms with Gasteiger partial charge in [0.15, 0.2) is 9.84 Å². The number of phenolic OH excluding ortho intramolecular Hbond substituents is 1. The molecule has 3 rings (SSSR count). The Morgan fingerprint density at radius 2 is 1.54 bits per heavy atom. The fraction of sp³-hybridized carbons (Fsp3) is 0.379. The number of hydrogen-bond donors (Lipinski definition) is 1. The maximum absolute atomic E-state index is 12.8. The molecule has 0 bridgehead atoms. The van der Waals surface area contributed by atoms with Crippen molar-refractivity contribution in [1.82, 2.24) is 15.0 Å². The van der Waals surface area contributed by atoms with E-state index in [1.54, 1.807) is 19.1 Å². The monoisotopic (exact) mass is 585 g/mol. The Labute approximate surface area is 239 Å². The number of phenols is 1. The topological polar surface area (TPSA) is 147 Å². The van der Waals surface area contributed by atoms with Gasteiger partial charge >= 0.3 is 11.9 Å². The Morgan fingerprint density at radius 1 is 0.927 bits per heavy atom. The van der Waals surface area contributed by atoms with Gasteiger partial charge in [-0.2, -0.15) is 0 Å². The van der Waals surface area contributed by atoms with Crippen molar-refractivity contribution in [3.8, 4) is 17.2 Å². The van der Waals surface area contributed by atoms with Crippen LogP contribution in [0.3, 0.4) is 0 Å². The molecule has 11 nitrogen and oxygen atoms in total. The van der Waals surface area contributed by atoms with Gasteiger partial charge in [-0.25, -0.2) is 18.0 Å². The lowest BCUT2D eigenvalue weighted by atomic mass is 9.86. The fourth-order valence-corrected chi connectivity index (χ4v) is 4.72. The average Bonchev–Trinajstić information content (AvgIpc) is 3.31. The third-order valence-corrected chi connectivity index (χ3v) is 7.55. The molecule has 0 atom stereocenters. The van der Waals surface area contributed by atoms with Gasteiger partial charge in [-0.3, -0.25) is 0 Å². The molecule has 1 aromatic heterocycles. The van der Waals surface area contributed by atoms with Crippen LogP contribution in [0.1, 0.15) is 46.6 Å². The summed E-state index contributed by atoms with van der Waals surface area (Å²) in [5.74, 6) is -1.14. The number of hydrogen-bond acceptors (Lipinski definition) is 10. The molecule has 0 aliphatic carbocycles. The molecule has 0 saturated carbocycles. The summed E-state index contributed by atoms with van der Waals surface area (Å²) < 4.78 is 41.5. The lowest BCUT2D eigenvalue weighted by Crippen LogP contribution is -2.16. The van der Waals surface area contributed by atoms with Gasteiger partial charge in [-0.05, 0) is 43.5 Å². The first-order valence-corrected chi connectivity index (χ1v) is 14.5. The highest BCUT2D eigenvalue weighted by molar-refractivity contribution is 7.91. The van der Waals surface area contributed by atoms with E-state index in [1.165, 1.54) is 29.9 Å². The molecule has 2 aromatic carbocycles. The van der Waals surface area contributed by atoms with E-state index in [1.807, 2.05) is 20.8 Å². The number of ether oxygens (including phenoxy) is 3. The smallest absolute Gasteiger partial charge is 0.333 e. The van der Waals surface area contributed by atoms with E-state index in [0.29, 0.717) is 28.8 Å². The highest BCUT2D eigenvalue weighted by atomic mass is 32.2. The summed E-state index contributed by atoms with van der Waals surface area (Å²) in [6, 6.07) is 7.60. The minimum atomic E-state index is -3.78. The van der Waals surface area contributed by atoms with Crippen LogP contribution in [0.5, 0.6) is 11.5 Å². The second kappa shape index (κ2) is 12.5. The molecule has 3 aromatic rings. The van der Waals surface area contributed by atoms with Crippen LogP contribution in [-0.2, 0) is 34.3 Å². The van der Waals surface area contributed by atoms with Gasteiger partial charge in [0, 0.05) is 29.2 Å². The molecule has 1 N–H and O–H groups in total. The second-order valence-corrected chi connectivity index (χ2v) is 12.7. The summed E-state index contributed by atoms with van der Waals surface area (Å²) in [7, 11) is -3.78. The van der Waals surface area contributed by atoms with E-state index in [-0.39, 0.29) is 47.2 Å². The minimum Gasteiger partial charge on any atom is -0.505 e. The third kappa shape index (κ3) is 7.94. The van der Waals surface area contributed by atoms with Crippen LogP contribution in [-0.4, -0.2) is 66.0 Å². The maximum atomic E-state index is 12.8. The SMILES string of the molecule is C=C(C)C(=O)OCCCOc1cc(-n2nc3ccc(S(=O)(=O)CCOC(=O)C(=C)C)cc3n2)c(O)c(C(C)(C)C)c1. The Balaban J connectivity index is 1.86. The van der Waals surface area contributed by atoms with E-state index in [2.05, 4.69) is 23.4 Å². The molecule has 0 unspecified atom stereocenters. The summed E-state index contributed by atoms with van der Waals surface area (Å²) in [4.78, 5) is 24.3. The van der Waals surface area contributed by atoms with E-state index < -0.39 is 32.9 Å². The summed E-state index contributed by atoms with van der Waals surface area (Å²) in [6.07, 6.45) is 0.438. The first-order valence-electron chi connectivity index (χ1n) is 12.9. The van der Waals surface area contributed by atoms with Gasteiger partial charge in [0.2, 0.25) is 0 Å². The highest BCUT2D eigenvalue weighted by Crippen LogP contribution is 2.38. The molecule has 41 heavy (non-hydrogen) atoms. The molecular formula is C29H35N3O8S. The molecule has 0 aliphatic heterocycles. The Kier molecular flexibility index (Phi) is 9.59. The van der Waals surface area contributed by atoms with E-state index in [4.69, 9.17) is 14.2 Å². The van der Waals surface area contributed by atoms with Crippen molar-refractivity contribution >= 4 is 32.8 Å². The first kappa shape index (κ1) is 31.3. The normalized spacial score (nSPS) is 11.7. The number of nitrogens with zero attached hydrogens (tertiary/aromatic N) is 3. The quantitative estimate of drug-likeness (QED) is 0.186. The highest BCUT2D eigenvalue weighted by Gasteiger charge is 2.24. The van der Waals surface area contributed by atoms with Crippen molar-refractivity contribution in [2.75, 3.05) is 25.6 Å². The van der Waals surface area contributed by atoms with Crippen LogP contribution in [0.2, 0.25) is 0 Å². The summed E-state index contributed by atoms with van der Waals surface area (Å²) in [6.45, 7) is 16.0. The fourth-order valence-electron chi connectivity index (χ4n) is 3.62. The third-order valence-electron chi connectivity index (χ3n) is 5.87. The lowest BCUT2D eigenvalue weighted by molar-refractivity contribution is -0.139. The number of carbonyl (C=O) groups is 2. The van der Waals surface area contributed by atoms with E-state index in [0.717, 1.165) is 0 Å². The molecule has 0 amide bonds. The summed E-state index contributed by atoms with van der Waals surface area (Å²) in [5, 5.41) is 20.0. The predicted molar refractivity (Wildman–Crippen MR) is 153 cm³/mol. The molecule has 0 saturated heterocycles. The average molecular weight is 586 g/mol. The molecule has 220 valence electrons. The van der Waals surface area contributed by atoms with Crippen LogP contribution in [0.25, 0.3) is 16.7 Å². The number of aromatic hydroxyl groups is 1. The molecule has 0 spiro atoms. The van der Waals surface area contributed by atoms with Gasteiger partial charge in [0.05, 0.1) is 23.9 Å². The van der Waals surface area contributed by atoms with Gasteiger partial charge in [-0.15, -0.1) is 15.0 Å². The maximum Gasteiger partial charge on any atom is 0.333 e. The molecule has 1 heterocycles. The number of carbonyl (C=O) groups excluding carboxylic acids is 2. The summed E-state index contributed by atoms with van der Waals surface area (Å²) >= 11 is 0. The van der Waals surface area contributed by atoms with Gasteiger partial charge in [-0.1, -0.05) is 33.9 Å². The van der Waals surface area contributed by atoms with E-state index >= 15 is 0 Å². The number of benzene rings is 2. The first-order chi connectivity index (χ1) is 19.1. The van der Waals surface area contributed by atoms with Crippen molar-refractivity contribution < 1.29 is 37.3 Å². The van der Waals surface area contributed by atoms with Crippen LogP contribution in [0.15, 0.2) is 59.5 Å². The van der Waals surface area contributed by atoms with Crippen LogP contribution in [0.4, 0.5) is 0 Å². The Hall–Kier alpha value is -4.19. The molecule has 0 fully saturated rings. The van der Waals surface area contributed by atoms with Crippen molar-refractivity contribution in [3.63, 3.8) is 0 Å². The van der Waals surface area contributed by atoms with E-state index in [9.17, 15) is 23.1 Å². The molecule has 0 aliphatic rings. The van der Waals surface area contributed by atoms with Gasteiger partial charge in [0.1, 0.15) is 34.8 Å². The van der Waals surface area contributed by atoms with Gasteiger partial charge < -0.3 is 19.3 Å². The number of rotatable bonds is 12. The standard InChI is InChI=1S/C29H35N3O8S/c1-18(2)27(34)39-12-8-11-38-20-15-22(29(5,6)7)26(33)25(16-20)32-30-23-10-9-21(17-24(23)31-32)41(36,37)14-13-40-28(35)19(3)4/h9-10,15-17,33H,1,3,8,11-14H2,2,4-7H3. The number of fused-ring (bicyclic) bond motifs is 1. The zero-order valence-electron chi connectivity index (χ0n) is 23.9. The summed E-state index contributed by atoms with van der Waals surface area (Å²) in [5.41, 5.74) is 1.55. The second-order valence-electron chi connectivity index (χ2n) is 10.6. The van der Waals surface area contributed by atoms with Gasteiger partial charge in [0.25, 0.3) is 0 Å². The zero-order chi connectivity index (χ0) is 30.5. The Bertz CT molecular complexity index is 1600. The van der Waals surface area contributed by atoms with Crippen molar-refractivity contribution in [2.45, 2.75) is 51.3 Å². The largest absolute Gasteiger partial charge is 0.505 e. The number of sulfone groups is 1. The lowest BCUT2D eigenvalue weighted by Gasteiger charge is -2.23.